The molecule has 1 amide bonds. The highest BCUT2D eigenvalue weighted by atomic mass is 32.1. The van der Waals surface area contributed by atoms with Gasteiger partial charge in [-0.05, 0) is 50.0 Å². The van der Waals surface area contributed by atoms with E-state index in [1.165, 1.54) is 30.1 Å². The molecule has 166 valence electrons. The van der Waals surface area contributed by atoms with Gasteiger partial charge in [-0.1, -0.05) is 35.1 Å². The first kappa shape index (κ1) is 22.0. The van der Waals surface area contributed by atoms with Gasteiger partial charge >= 0.3 is 0 Å². The fourth-order valence-electron chi connectivity index (χ4n) is 3.59. The lowest BCUT2D eigenvalue weighted by Gasteiger charge is -2.22. The third kappa shape index (κ3) is 5.14. The Labute approximate surface area is 188 Å². The summed E-state index contributed by atoms with van der Waals surface area (Å²) in [7, 11) is 1.37. The lowest BCUT2D eigenvalue weighted by atomic mass is 9.93. The van der Waals surface area contributed by atoms with Gasteiger partial charge in [-0.2, -0.15) is 10.2 Å². The van der Waals surface area contributed by atoms with Crippen LogP contribution in [0, 0.1) is 12.7 Å². The smallest absolute Gasteiger partial charge is 0.260 e. The molecular weight excluding hydrogens is 431 g/mol. The quantitative estimate of drug-likeness (QED) is 0.553. The van der Waals surface area contributed by atoms with Crippen molar-refractivity contribution in [3.63, 3.8) is 0 Å². The maximum Gasteiger partial charge on any atom is 0.260 e. The lowest BCUT2D eigenvalue weighted by Crippen LogP contribution is -2.23. The summed E-state index contributed by atoms with van der Waals surface area (Å²) < 4.78 is 19.5. The fraction of sp³-hybridized carbons (Fsp3) is 0.318. The molecule has 2 aromatic heterocycles. The minimum Gasteiger partial charge on any atom is -0.367 e. The van der Waals surface area contributed by atoms with Crippen LogP contribution in [0.25, 0.3) is 5.57 Å². The van der Waals surface area contributed by atoms with Gasteiger partial charge in [0.25, 0.3) is 5.91 Å². The van der Waals surface area contributed by atoms with Crippen LogP contribution in [0.4, 0.5) is 14.7 Å². The van der Waals surface area contributed by atoms with E-state index in [1.54, 1.807) is 18.3 Å². The van der Waals surface area contributed by atoms with Crippen molar-refractivity contribution in [3.8, 4) is 0 Å². The highest BCUT2D eigenvalue weighted by Gasteiger charge is 2.25. The van der Waals surface area contributed by atoms with Crippen molar-refractivity contribution in [3.05, 3.63) is 65.2 Å². The number of carbonyl (C=O) groups is 1. The van der Waals surface area contributed by atoms with Crippen molar-refractivity contribution in [2.75, 3.05) is 17.7 Å². The number of allylic oxidation sites excluding steroid dienone is 1. The Morgan fingerprint density at radius 1 is 1.25 bits per heavy atom. The average molecular weight is 455 g/mol. The first-order valence-corrected chi connectivity index (χ1v) is 11.0. The molecule has 0 spiro atoms. The number of anilines is 2. The number of hydrogen-bond acceptors (Lipinski definition) is 8. The van der Waals surface area contributed by atoms with Crippen LogP contribution in [-0.2, 0) is 9.53 Å². The molecular formula is C22H23FN6O2S. The molecule has 0 saturated heterocycles. The molecule has 2 N–H and O–H groups in total. The van der Waals surface area contributed by atoms with Gasteiger partial charge in [0, 0.05) is 24.9 Å². The molecule has 0 unspecified atom stereocenters. The SMILES string of the molecule is CO[C@@H](C(=O)Nc1nnc(N[C@@H]2CC=C(c3cccnn3)CC2)s1)c1cc(C)ccc1F. The number of amides is 1. The highest BCUT2D eigenvalue weighted by Crippen LogP contribution is 2.30. The third-order valence-corrected chi connectivity index (χ3v) is 5.97. The molecule has 0 aliphatic heterocycles. The molecule has 0 saturated carbocycles. The van der Waals surface area contributed by atoms with Crippen LogP contribution in [0.15, 0.2) is 42.6 Å². The number of hydrogen-bond donors (Lipinski definition) is 2. The number of ether oxygens (including phenoxy) is 1. The second-order valence-corrected chi connectivity index (χ2v) is 8.47. The number of nitrogens with one attached hydrogen (secondary N) is 2. The molecule has 10 heteroatoms. The van der Waals surface area contributed by atoms with E-state index < -0.39 is 17.8 Å². The third-order valence-electron chi connectivity index (χ3n) is 5.20. The molecule has 8 nitrogen and oxygen atoms in total. The van der Waals surface area contributed by atoms with Gasteiger partial charge < -0.3 is 10.1 Å². The van der Waals surface area contributed by atoms with E-state index in [0.717, 1.165) is 30.5 Å². The number of halogens is 1. The summed E-state index contributed by atoms with van der Waals surface area (Å²) in [4.78, 5) is 12.7. The monoisotopic (exact) mass is 454 g/mol. The van der Waals surface area contributed by atoms with Gasteiger partial charge in [-0.25, -0.2) is 4.39 Å². The Hall–Kier alpha value is -3.24. The normalized spacial score (nSPS) is 16.8. The van der Waals surface area contributed by atoms with Crippen LogP contribution in [0.2, 0.25) is 0 Å². The maximum absolute atomic E-state index is 14.2. The molecule has 32 heavy (non-hydrogen) atoms. The van der Waals surface area contributed by atoms with Crippen LogP contribution in [0.1, 0.15) is 42.2 Å². The molecule has 1 aliphatic rings. The van der Waals surface area contributed by atoms with Crippen LogP contribution < -0.4 is 10.6 Å². The van der Waals surface area contributed by atoms with Crippen molar-refractivity contribution < 1.29 is 13.9 Å². The number of nitrogens with zero attached hydrogens (tertiary/aromatic N) is 4. The topological polar surface area (TPSA) is 102 Å². The summed E-state index contributed by atoms with van der Waals surface area (Å²) in [6.45, 7) is 1.83. The standard InChI is InChI=1S/C22H23FN6O2S/c1-13-5-10-17(23)16(12-13)19(31-2)20(30)26-22-29-28-21(32-22)25-15-8-6-14(7-9-15)18-4-3-11-24-27-18/h3-6,10-12,15,19H,7-9H2,1-2H3,(H,25,28)(H,26,29,30)/t15-,19-/m1/s1. The van der Waals surface area contributed by atoms with Crippen molar-refractivity contribution in [1.82, 2.24) is 20.4 Å². The van der Waals surface area contributed by atoms with Gasteiger partial charge in [0.05, 0.1) is 5.69 Å². The predicted octanol–water partition coefficient (Wildman–Crippen LogP) is 4.15. The van der Waals surface area contributed by atoms with E-state index in [0.29, 0.717) is 10.3 Å². The van der Waals surface area contributed by atoms with Gasteiger partial charge in [0.1, 0.15) is 5.82 Å². The second kappa shape index (κ2) is 9.92. The minimum absolute atomic E-state index is 0.181. The van der Waals surface area contributed by atoms with Crippen LogP contribution in [0.3, 0.4) is 0 Å². The Bertz CT molecular complexity index is 1120. The van der Waals surface area contributed by atoms with Crippen molar-refractivity contribution in [1.29, 1.82) is 0 Å². The highest BCUT2D eigenvalue weighted by molar-refractivity contribution is 7.19. The first-order chi connectivity index (χ1) is 15.5. The van der Waals surface area contributed by atoms with Gasteiger partial charge in [0.15, 0.2) is 6.10 Å². The minimum atomic E-state index is -1.09. The molecule has 3 aromatic rings. The molecule has 2 atom stereocenters. The average Bonchev–Trinajstić information content (AvgIpc) is 3.24. The number of benzene rings is 1. The number of rotatable bonds is 7. The zero-order valence-corrected chi connectivity index (χ0v) is 18.5. The molecule has 0 fully saturated rings. The van der Waals surface area contributed by atoms with E-state index in [9.17, 15) is 9.18 Å². The molecule has 0 radical (unpaired) electrons. The molecule has 1 aliphatic carbocycles. The van der Waals surface area contributed by atoms with Gasteiger partial charge in [-0.15, -0.1) is 10.2 Å². The Morgan fingerprint density at radius 3 is 2.81 bits per heavy atom. The van der Waals surface area contributed by atoms with Crippen LogP contribution in [-0.4, -0.2) is 39.5 Å². The van der Waals surface area contributed by atoms with Gasteiger partial charge in [-0.3, -0.25) is 10.1 Å². The van der Waals surface area contributed by atoms with E-state index in [-0.39, 0.29) is 11.6 Å². The summed E-state index contributed by atoms with van der Waals surface area (Å²) in [6, 6.07) is 8.62. The lowest BCUT2D eigenvalue weighted by molar-refractivity contribution is -0.126. The molecule has 1 aromatic carbocycles. The Balaban J connectivity index is 1.36. The second-order valence-electron chi connectivity index (χ2n) is 7.50. The van der Waals surface area contributed by atoms with Gasteiger partial charge in [0.2, 0.25) is 10.3 Å². The zero-order valence-electron chi connectivity index (χ0n) is 17.7. The van der Waals surface area contributed by atoms with Crippen molar-refractivity contribution >= 4 is 33.1 Å². The number of methoxy groups -OCH3 is 1. The largest absolute Gasteiger partial charge is 0.367 e. The molecule has 4 rings (SSSR count). The summed E-state index contributed by atoms with van der Waals surface area (Å²) in [6.07, 6.45) is 5.37. The summed E-state index contributed by atoms with van der Waals surface area (Å²) in [5, 5.41) is 23.2. The fourth-order valence-corrected chi connectivity index (χ4v) is 4.31. The number of aromatic nitrogens is 4. The summed E-state index contributed by atoms with van der Waals surface area (Å²) >= 11 is 1.22. The Kier molecular flexibility index (Phi) is 6.81. The summed E-state index contributed by atoms with van der Waals surface area (Å²) in [5.41, 5.74) is 3.11. The maximum atomic E-state index is 14.2. The molecule has 2 heterocycles. The predicted molar refractivity (Wildman–Crippen MR) is 121 cm³/mol. The number of aryl methyl sites for hydroxylation is 1. The Morgan fingerprint density at radius 2 is 2.09 bits per heavy atom. The van der Waals surface area contributed by atoms with E-state index in [2.05, 4.69) is 37.1 Å². The van der Waals surface area contributed by atoms with E-state index in [1.807, 2.05) is 19.1 Å². The first-order valence-electron chi connectivity index (χ1n) is 10.2. The summed E-state index contributed by atoms with van der Waals surface area (Å²) in [5.74, 6) is -1.00. The molecule has 0 bridgehead atoms. The van der Waals surface area contributed by atoms with Crippen molar-refractivity contribution in [2.24, 2.45) is 0 Å². The van der Waals surface area contributed by atoms with Crippen LogP contribution in [0.5, 0.6) is 0 Å². The van der Waals surface area contributed by atoms with Crippen molar-refractivity contribution in [2.45, 2.75) is 38.3 Å². The van der Waals surface area contributed by atoms with E-state index >= 15 is 0 Å². The van der Waals surface area contributed by atoms with Crippen LogP contribution >= 0.6 is 11.3 Å². The zero-order chi connectivity index (χ0) is 22.5. The number of carbonyl (C=O) groups excluding carboxylic acids is 1. The van der Waals surface area contributed by atoms with E-state index in [4.69, 9.17) is 4.74 Å².